The molecule has 1 N–H and O–H groups in total. The van der Waals surface area contributed by atoms with Crippen molar-refractivity contribution in [2.24, 2.45) is 0 Å². The Morgan fingerprint density at radius 1 is 1.32 bits per heavy atom. The summed E-state index contributed by atoms with van der Waals surface area (Å²) in [4.78, 5) is 4.12. The van der Waals surface area contributed by atoms with Gasteiger partial charge in [-0.25, -0.2) is 0 Å². The van der Waals surface area contributed by atoms with Crippen LogP contribution in [0.25, 0.3) is 10.8 Å². The van der Waals surface area contributed by atoms with E-state index in [1.54, 1.807) is 6.20 Å². The maximum atomic E-state index is 10.7. The normalized spacial score (nSPS) is 16.2. The van der Waals surface area contributed by atoms with E-state index in [2.05, 4.69) is 4.98 Å². The summed E-state index contributed by atoms with van der Waals surface area (Å²) in [6.45, 7) is 6.54. The second-order valence-electron chi connectivity index (χ2n) is 4.95. The number of nitrogens with zero attached hydrogens (tertiary/aromatic N) is 1. The Bertz CT molecular complexity index is 550. The minimum Gasteiger partial charge on any atom is -0.385 e. The average molecular weight is 259 g/mol. The summed E-state index contributed by atoms with van der Waals surface area (Å²) in [7, 11) is 0. The Morgan fingerprint density at radius 3 is 2.79 bits per heavy atom. The zero-order valence-corrected chi connectivity index (χ0v) is 11.8. The van der Waals surface area contributed by atoms with Gasteiger partial charge in [-0.2, -0.15) is 0 Å². The van der Waals surface area contributed by atoms with Crippen molar-refractivity contribution < 1.29 is 9.84 Å². The number of hydrogen-bond acceptors (Lipinski definition) is 3. The number of rotatable bonds is 5. The lowest BCUT2D eigenvalue weighted by molar-refractivity contribution is -0.112. The molecule has 0 saturated heterocycles. The molecule has 102 valence electrons. The van der Waals surface area contributed by atoms with Crippen LogP contribution in [0.1, 0.15) is 38.9 Å². The second-order valence-corrected chi connectivity index (χ2v) is 4.95. The van der Waals surface area contributed by atoms with Gasteiger partial charge in [0.15, 0.2) is 0 Å². The lowest BCUT2D eigenvalue weighted by Crippen LogP contribution is -2.35. The van der Waals surface area contributed by atoms with Gasteiger partial charge in [-0.05, 0) is 37.3 Å². The highest BCUT2D eigenvalue weighted by atomic mass is 16.5. The van der Waals surface area contributed by atoms with Gasteiger partial charge >= 0.3 is 0 Å². The molecule has 2 atom stereocenters. The molecule has 0 aliphatic carbocycles. The van der Waals surface area contributed by atoms with E-state index in [0.717, 1.165) is 22.8 Å². The van der Waals surface area contributed by atoms with Gasteiger partial charge in [-0.15, -0.1) is 0 Å². The van der Waals surface area contributed by atoms with Gasteiger partial charge < -0.3 is 9.84 Å². The van der Waals surface area contributed by atoms with Crippen LogP contribution in [0.5, 0.6) is 0 Å². The SMILES string of the molecule is CCOC(C)(CC)C(O)c1cccc2cnccc12. The topological polar surface area (TPSA) is 42.4 Å². The Morgan fingerprint density at radius 2 is 2.11 bits per heavy atom. The quantitative estimate of drug-likeness (QED) is 0.894. The lowest BCUT2D eigenvalue weighted by atomic mass is 9.88. The first-order valence-electron chi connectivity index (χ1n) is 6.77. The van der Waals surface area contributed by atoms with Gasteiger partial charge in [0.05, 0.1) is 5.60 Å². The van der Waals surface area contributed by atoms with Crippen molar-refractivity contribution in [1.29, 1.82) is 0 Å². The minimum absolute atomic E-state index is 0.563. The molecule has 1 aromatic carbocycles. The zero-order valence-electron chi connectivity index (χ0n) is 11.8. The number of fused-ring (bicyclic) bond motifs is 1. The summed E-state index contributed by atoms with van der Waals surface area (Å²) < 4.78 is 5.78. The molecule has 0 fully saturated rings. The number of pyridine rings is 1. The van der Waals surface area contributed by atoms with Crippen molar-refractivity contribution in [1.82, 2.24) is 4.98 Å². The highest BCUT2D eigenvalue weighted by Gasteiger charge is 2.33. The van der Waals surface area contributed by atoms with E-state index in [9.17, 15) is 5.11 Å². The van der Waals surface area contributed by atoms with Crippen LogP contribution < -0.4 is 0 Å². The molecule has 2 aromatic rings. The smallest absolute Gasteiger partial charge is 0.108 e. The molecule has 2 unspecified atom stereocenters. The van der Waals surface area contributed by atoms with E-state index in [-0.39, 0.29) is 0 Å². The van der Waals surface area contributed by atoms with E-state index in [4.69, 9.17) is 4.74 Å². The number of hydrogen-bond donors (Lipinski definition) is 1. The van der Waals surface area contributed by atoms with Crippen LogP contribution in [0.15, 0.2) is 36.7 Å². The van der Waals surface area contributed by atoms with Crippen molar-refractivity contribution in [3.63, 3.8) is 0 Å². The molecule has 19 heavy (non-hydrogen) atoms. The third-order valence-corrected chi connectivity index (χ3v) is 3.76. The van der Waals surface area contributed by atoms with Gasteiger partial charge in [0.2, 0.25) is 0 Å². The first-order valence-corrected chi connectivity index (χ1v) is 6.77. The highest BCUT2D eigenvalue weighted by Crippen LogP contribution is 2.35. The summed E-state index contributed by atoms with van der Waals surface area (Å²) in [5, 5.41) is 12.8. The third-order valence-electron chi connectivity index (χ3n) is 3.76. The first-order chi connectivity index (χ1) is 9.12. The fraction of sp³-hybridized carbons (Fsp3) is 0.438. The standard InChI is InChI=1S/C16H21NO2/c1-4-16(3,19-5-2)15(18)14-8-6-7-12-11-17-10-9-13(12)14/h6-11,15,18H,4-5H2,1-3H3. The van der Waals surface area contributed by atoms with Crippen LogP contribution in [0, 0.1) is 0 Å². The predicted octanol–water partition coefficient (Wildman–Crippen LogP) is 3.47. The van der Waals surface area contributed by atoms with Crippen molar-refractivity contribution >= 4 is 10.8 Å². The van der Waals surface area contributed by atoms with Gasteiger partial charge in [-0.1, -0.05) is 25.1 Å². The molecule has 3 nitrogen and oxygen atoms in total. The highest BCUT2D eigenvalue weighted by molar-refractivity contribution is 5.85. The molecular formula is C16H21NO2. The van der Waals surface area contributed by atoms with Crippen LogP contribution in [-0.2, 0) is 4.74 Å². The van der Waals surface area contributed by atoms with Crippen molar-refractivity contribution in [3.8, 4) is 0 Å². The Kier molecular flexibility index (Phi) is 4.17. The van der Waals surface area contributed by atoms with Crippen LogP contribution in [0.3, 0.4) is 0 Å². The lowest BCUT2D eigenvalue weighted by Gasteiger charge is -2.34. The average Bonchev–Trinajstić information content (AvgIpc) is 2.46. The fourth-order valence-corrected chi connectivity index (χ4v) is 2.42. The molecule has 1 heterocycles. The number of aromatic nitrogens is 1. The molecule has 0 aliphatic rings. The number of aliphatic hydroxyl groups excluding tert-OH is 1. The van der Waals surface area contributed by atoms with E-state index < -0.39 is 11.7 Å². The summed E-state index contributed by atoms with van der Waals surface area (Å²) >= 11 is 0. The van der Waals surface area contributed by atoms with E-state index in [1.807, 2.05) is 51.2 Å². The molecule has 3 heteroatoms. The zero-order chi connectivity index (χ0) is 13.9. The summed E-state index contributed by atoms with van der Waals surface area (Å²) in [5.74, 6) is 0. The van der Waals surface area contributed by atoms with E-state index in [0.29, 0.717) is 6.61 Å². The van der Waals surface area contributed by atoms with Crippen LogP contribution in [0.2, 0.25) is 0 Å². The molecule has 2 rings (SSSR count). The Labute approximate surface area is 114 Å². The van der Waals surface area contributed by atoms with Crippen LogP contribution >= 0.6 is 0 Å². The Hall–Kier alpha value is -1.45. The maximum Gasteiger partial charge on any atom is 0.108 e. The maximum absolute atomic E-state index is 10.7. The molecule has 0 amide bonds. The fourth-order valence-electron chi connectivity index (χ4n) is 2.42. The number of aliphatic hydroxyl groups is 1. The molecule has 0 aliphatic heterocycles. The van der Waals surface area contributed by atoms with Crippen LogP contribution in [-0.4, -0.2) is 22.3 Å². The summed E-state index contributed by atoms with van der Waals surface area (Å²) in [6, 6.07) is 7.85. The minimum atomic E-state index is -0.649. The second kappa shape index (κ2) is 5.68. The van der Waals surface area contributed by atoms with Gasteiger partial charge in [0.1, 0.15) is 6.10 Å². The Balaban J connectivity index is 2.49. The van der Waals surface area contributed by atoms with Crippen molar-refractivity contribution in [2.45, 2.75) is 38.9 Å². The monoisotopic (exact) mass is 259 g/mol. The third kappa shape index (κ3) is 2.62. The molecule has 0 bridgehead atoms. The summed E-state index contributed by atoms with van der Waals surface area (Å²) in [6.07, 6.45) is 3.67. The van der Waals surface area contributed by atoms with E-state index >= 15 is 0 Å². The number of benzene rings is 1. The van der Waals surface area contributed by atoms with Gasteiger partial charge in [0.25, 0.3) is 0 Å². The van der Waals surface area contributed by atoms with Gasteiger partial charge in [0, 0.05) is 24.4 Å². The van der Waals surface area contributed by atoms with Crippen molar-refractivity contribution in [3.05, 3.63) is 42.2 Å². The number of ether oxygens (including phenoxy) is 1. The van der Waals surface area contributed by atoms with Crippen molar-refractivity contribution in [2.75, 3.05) is 6.61 Å². The molecule has 0 radical (unpaired) electrons. The first kappa shape index (κ1) is 14.0. The molecule has 0 saturated carbocycles. The largest absolute Gasteiger partial charge is 0.385 e. The van der Waals surface area contributed by atoms with E-state index in [1.165, 1.54) is 0 Å². The molecular weight excluding hydrogens is 238 g/mol. The predicted molar refractivity (Wildman–Crippen MR) is 77.0 cm³/mol. The van der Waals surface area contributed by atoms with Gasteiger partial charge in [-0.3, -0.25) is 4.98 Å². The molecule has 0 spiro atoms. The summed E-state index contributed by atoms with van der Waals surface area (Å²) in [5.41, 5.74) is 0.337. The molecule has 1 aromatic heterocycles. The van der Waals surface area contributed by atoms with Crippen LogP contribution in [0.4, 0.5) is 0 Å².